The Kier molecular flexibility index (Phi) is 3.88. The van der Waals surface area contributed by atoms with Crippen LogP contribution in [-0.4, -0.2) is 16.6 Å². The highest BCUT2D eigenvalue weighted by molar-refractivity contribution is 5.54. The highest BCUT2D eigenvalue weighted by atomic mass is 16.5. The molecule has 4 nitrogen and oxygen atoms in total. The molecule has 1 saturated carbocycles. The molecule has 1 aromatic rings. The Labute approximate surface area is 115 Å². The fourth-order valence-electron chi connectivity index (χ4n) is 2.45. The van der Waals surface area contributed by atoms with Crippen molar-refractivity contribution in [1.29, 1.82) is 0 Å². The molecular weight excluding hydrogens is 238 g/mol. The summed E-state index contributed by atoms with van der Waals surface area (Å²) in [6.45, 7) is 8.28. The summed E-state index contributed by atoms with van der Waals surface area (Å²) in [6, 6.07) is 4.30. The fraction of sp³-hybridized carbons (Fsp3) is 0.667. The van der Waals surface area contributed by atoms with Gasteiger partial charge < -0.3 is 15.8 Å². The van der Waals surface area contributed by atoms with Gasteiger partial charge in [-0.1, -0.05) is 6.92 Å². The normalized spacial score (nSPS) is 23.4. The maximum absolute atomic E-state index is 5.91. The van der Waals surface area contributed by atoms with Crippen molar-refractivity contribution in [1.82, 2.24) is 4.98 Å². The minimum Gasteiger partial charge on any atom is -0.470 e. The van der Waals surface area contributed by atoms with Gasteiger partial charge in [0.1, 0.15) is 11.4 Å². The van der Waals surface area contributed by atoms with E-state index in [2.05, 4.69) is 17.2 Å². The molecule has 2 atom stereocenters. The number of nitrogen functional groups attached to an aromatic ring is 1. The molecule has 0 amide bonds. The Balaban J connectivity index is 2.08. The van der Waals surface area contributed by atoms with Crippen LogP contribution in [0.4, 0.5) is 11.5 Å². The third kappa shape index (κ3) is 4.01. The summed E-state index contributed by atoms with van der Waals surface area (Å²) in [7, 11) is 0. The van der Waals surface area contributed by atoms with Gasteiger partial charge in [0.25, 0.3) is 0 Å². The average molecular weight is 263 g/mol. The van der Waals surface area contributed by atoms with Crippen LogP contribution in [-0.2, 0) is 0 Å². The predicted molar refractivity (Wildman–Crippen MR) is 79.5 cm³/mol. The molecular formula is C15H25N3O. The summed E-state index contributed by atoms with van der Waals surface area (Å²) < 4.78 is 5.78. The Morgan fingerprint density at radius 3 is 2.63 bits per heavy atom. The van der Waals surface area contributed by atoms with Crippen molar-refractivity contribution in [2.24, 2.45) is 5.92 Å². The lowest BCUT2D eigenvalue weighted by Gasteiger charge is -2.22. The summed E-state index contributed by atoms with van der Waals surface area (Å²) in [5, 5.41) is 3.48. The largest absolute Gasteiger partial charge is 0.470 e. The Morgan fingerprint density at radius 2 is 2.05 bits per heavy atom. The molecule has 0 aromatic carbocycles. The van der Waals surface area contributed by atoms with Gasteiger partial charge in [-0.05, 0) is 58.1 Å². The minimum atomic E-state index is -0.290. The van der Waals surface area contributed by atoms with Crippen molar-refractivity contribution in [2.75, 3.05) is 11.1 Å². The fourth-order valence-corrected chi connectivity index (χ4v) is 2.45. The molecule has 106 valence electrons. The van der Waals surface area contributed by atoms with E-state index < -0.39 is 0 Å². The molecule has 19 heavy (non-hydrogen) atoms. The van der Waals surface area contributed by atoms with Gasteiger partial charge >= 0.3 is 0 Å². The molecule has 1 fully saturated rings. The Hall–Kier alpha value is -1.45. The van der Waals surface area contributed by atoms with Gasteiger partial charge in [-0.2, -0.15) is 4.98 Å². The summed E-state index contributed by atoms with van der Waals surface area (Å²) in [5.74, 6) is 2.17. The number of nitrogens with one attached hydrogen (secondary N) is 1. The van der Waals surface area contributed by atoms with Crippen LogP contribution in [0.1, 0.15) is 47.0 Å². The highest BCUT2D eigenvalue weighted by Crippen LogP contribution is 2.29. The SMILES string of the molecule is CC1CCC(Nc2ccc(N)c(OC(C)(C)C)n2)C1. The highest BCUT2D eigenvalue weighted by Gasteiger charge is 2.22. The molecule has 1 aliphatic carbocycles. The summed E-state index contributed by atoms with van der Waals surface area (Å²) in [5.41, 5.74) is 6.21. The first-order valence-corrected chi connectivity index (χ1v) is 7.05. The molecule has 0 bridgehead atoms. The van der Waals surface area contributed by atoms with Crippen LogP contribution in [0, 0.1) is 5.92 Å². The molecule has 1 heterocycles. The number of nitrogens with two attached hydrogens (primary N) is 1. The van der Waals surface area contributed by atoms with Crippen LogP contribution in [0.2, 0.25) is 0 Å². The van der Waals surface area contributed by atoms with Crippen molar-refractivity contribution in [3.8, 4) is 5.88 Å². The van der Waals surface area contributed by atoms with Gasteiger partial charge in [0.2, 0.25) is 5.88 Å². The van der Waals surface area contributed by atoms with E-state index in [-0.39, 0.29) is 5.60 Å². The summed E-state index contributed by atoms with van der Waals surface area (Å²) in [6.07, 6.45) is 3.71. The second kappa shape index (κ2) is 5.27. The van der Waals surface area contributed by atoms with Crippen LogP contribution in [0.3, 0.4) is 0 Å². The van der Waals surface area contributed by atoms with Gasteiger partial charge in [-0.25, -0.2) is 0 Å². The lowest BCUT2D eigenvalue weighted by molar-refractivity contribution is 0.125. The number of rotatable bonds is 3. The van der Waals surface area contributed by atoms with Crippen LogP contribution in [0.25, 0.3) is 0 Å². The van der Waals surface area contributed by atoms with E-state index >= 15 is 0 Å². The van der Waals surface area contributed by atoms with Crippen LogP contribution in [0.15, 0.2) is 12.1 Å². The molecule has 0 radical (unpaired) electrons. The number of hydrogen-bond acceptors (Lipinski definition) is 4. The molecule has 0 aliphatic heterocycles. The summed E-state index contributed by atoms with van der Waals surface area (Å²) >= 11 is 0. The van der Waals surface area contributed by atoms with E-state index in [1.807, 2.05) is 32.9 Å². The van der Waals surface area contributed by atoms with Crippen molar-refractivity contribution in [3.63, 3.8) is 0 Å². The number of ether oxygens (including phenoxy) is 1. The van der Waals surface area contributed by atoms with Crippen molar-refractivity contribution >= 4 is 11.5 Å². The molecule has 2 rings (SSSR count). The molecule has 3 N–H and O–H groups in total. The van der Waals surface area contributed by atoms with Gasteiger partial charge in [0.05, 0.1) is 5.69 Å². The molecule has 1 aromatic heterocycles. The third-order valence-electron chi connectivity index (χ3n) is 3.34. The third-order valence-corrected chi connectivity index (χ3v) is 3.34. The zero-order valence-corrected chi connectivity index (χ0v) is 12.4. The molecule has 0 spiro atoms. The van der Waals surface area contributed by atoms with E-state index in [0.29, 0.717) is 17.6 Å². The first-order valence-electron chi connectivity index (χ1n) is 7.05. The number of hydrogen-bond donors (Lipinski definition) is 2. The van der Waals surface area contributed by atoms with Crippen LogP contribution in [0.5, 0.6) is 5.88 Å². The van der Waals surface area contributed by atoms with E-state index in [1.165, 1.54) is 19.3 Å². The van der Waals surface area contributed by atoms with E-state index in [0.717, 1.165) is 11.7 Å². The smallest absolute Gasteiger partial charge is 0.239 e. The van der Waals surface area contributed by atoms with E-state index in [9.17, 15) is 0 Å². The zero-order chi connectivity index (χ0) is 14.0. The van der Waals surface area contributed by atoms with Crippen LogP contribution >= 0.6 is 0 Å². The second-order valence-corrected chi connectivity index (χ2v) is 6.56. The topological polar surface area (TPSA) is 60.2 Å². The van der Waals surface area contributed by atoms with Gasteiger partial charge in [0, 0.05) is 6.04 Å². The minimum absolute atomic E-state index is 0.290. The van der Waals surface area contributed by atoms with Gasteiger partial charge in [-0.15, -0.1) is 0 Å². The monoisotopic (exact) mass is 263 g/mol. The number of pyridine rings is 1. The molecule has 0 saturated heterocycles. The van der Waals surface area contributed by atoms with Gasteiger partial charge in [-0.3, -0.25) is 0 Å². The van der Waals surface area contributed by atoms with Crippen LogP contribution < -0.4 is 15.8 Å². The predicted octanol–water partition coefficient (Wildman–Crippen LogP) is 3.44. The second-order valence-electron chi connectivity index (χ2n) is 6.56. The van der Waals surface area contributed by atoms with Crippen molar-refractivity contribution < 1.29 is 4.74 Å². The number of aromatic nitrogens is 1. The summed E-state index contributed by atoms with van der Waals surface area (Å²) in [4.78, 5) is 4.49. The lowest BCUT2D eigenvalue weighted by atomic mass is 10.1. The maximum Gasteiger partial charge on any atom is 0.239 e. The Morgan fingerprint density at radius 1 is 1.32 bits per heavy atom. The zero-order valence-electron chi connectivity index (χ0n) is 12.4. The van der Waals surface area contributed by atoms with Gasteiger partial charge in [0.15, 0.2) is 0 Å². The quantitative estimate of drug-likeness (QED) is 0.877. The lowest BCUT2D eigenvalue weighted by Crippen LogP contribution is -2.24. The molecule has 1 aliphatic rings. The maximum atomic E-state index is 5.91. The van der Waals surface area contributed by atoms with E-state index in [4.69, 9.17) is 10.5 Å². The first kappa shape index (κ1) is 14.0. The van der Waals surface area contributed by atoms with Crippen molar-refractivity contribution in [2.45, 2.75) is 58.6 Å². The molecule has 2 unspecified atom stereocenters. The molecule has 4 heteroatoms. The van der Waals surface area contributed by atoms with Crippen molar-refractivity contribution in [3.05, 3.63) is 12.1 Å². The number of anilines is 2. The Bertz CT molecular complexity index is 440. The standard InChI is InChI=1S/C15H25N3O/c1-10-5-6-11(9-10)17-13-8-7-12(16)14(18-13)19-15(2,3)4/h7-8,10-11H,5-6,9,16H2,1-4H3,(H,17,18). The average Bonchev–Trinajstić information content (AvgIpc) is 2.67. The first-order chi connectivity index (χ1) is 8.83. The van der Waals surface area contributed by atoms with E-state index in [1.54, 1.807) is 0 Å². The number of nitrogens with zero attached hydrogens (tertiary/aromatic N) is 1.